The molecule has 0 amide bonds. The fourth-order valence-corrected chi connectivity index (χ4v) is 2.48. The summed E-state index contributed by atoms with van der Waals surface area (Å²) in [6.07, 6.45) is 0.875. The first-order valence-corrected chi connectivity index (χ1v) is 8.87. The third-order valence-electron chi connectivity index (χ3n) is 3.69. The Balaban J connectivity index is 0.000000307. The Kier molecular flexibility index (Phi) is 10.0. The number of benzene rings is 1. The monoisotopic (exact) mass is 405 g/mol. The van der Waals surface area contributed by atoms with Gasteiger partial charge in [0.15, 0.2) is 5.70 Å². The average Bonchev–Trinajstić information content (AvgIpc) is 2.63. The first-order valence-electron chi connectivity index (χ1n) is 8.87. The summed E-state index contributed by atoms with van der Waals surface area (Å²) in [6.45, 7) is 1.98. The highest BCUT2D eigenvalue weighted by molar-refractivity contribution is 5.88. The van der Waals surface area contributed by atoms with Crippen molar-refractivity contribution < 1.29 is 32.2 Å². The molecule has 1 aliphatic rings. The second-order valence-electron chi connectivity index (χ2n) is 5.84. The van der Waals surface area contributed by atoms with E-state index in [-0.39, 0.29) is 30.0 Å². The van der Waals surface area contributed by atoms with Gasteiger partial charge in [-0.3, -0.25) is 5.84 Å². The Morgan fingerprint density at radius 2 is 1.79 bits per heavy atom. The summed E-state index contributed by atoms with van der Waals surface area (Å²) in [5, 5.41) is 0. The van der Waals surface area contributed by atoms with Crippen molar-refractivity contribution in [2.45, 2.75) is 51.5 Å². The lowest BCUT2D eigenvalue weighted by molar-refractivity contribution is -0.274. The number of para-hydroxylation sites is 1. The average molecular weight is 405 g/mol. The first-order chi connectivity index (χ1) is 13.3. The van der Waals surface area contributed by atoms with Crippen LogP contribution < -0.4 is 21.7 Å². The standard InChI is InChI=1S/C11H21N3O3.C7H5F3O/c1-2-16-11(15)9(14-13)10(12)17-8-6-4-3-5-7-8;8-7(9,10)11-6-4-2-1-3-5-6/h8,14H,2-7,12-13H2,1H3;1-5H/b10-9+;. The minimum atomic E-state index is -4.60. The van der Waals surface area contributed by atoms with Crippen LogP contribution in [-0.4, -0.2) is 25.0 Å². The van der Waals surface area contributed by atoms with E-state index in [1.165, 1.54) is 30.7 Å². The van der Waals surface area contributed by atoms with Crippen LogP contribution in [-0.2, 0) is 14.3 Å². The molecule has 158 valence electrons. The summed E-state index contributed by atoms with van der Waals surface area (Å²) in [7, 11) is 0. The van der Waals surface area contributed by atoms with Crippen molar-refractivity contribution in [1.82, 2.24) is 5.43 Å². The van der Waals surface area contributed by atoms with Gasteiger partial charge < -0.3 is 25.4 Å². The van der Waals surface area contributed by atoms with Gasteiger partial charge in [0.25, 0.3) is 0 Å². The van der Waals surface area contributed by atoms with E-state index in [1.54, 1.807) is 13.0 Å². The zero-order chi connectivity index (χ0) is 21.0. The van der Waals surface area contributed by atoms with Gasteiger partial charge in [0, 0.05) is 0 Å². The number of ether oxygens (including phenoxy) is 3. The van der Waals surface area contributed by atoms with E-state index in [2.05, 4.69) is 10.2 Å². The van der Waals surface area contributed by atoms with Crippen molar-refractivity contribution in [3.05, 3.63) is 41.9 Å². The number of esters is 1. The van der Waals surface area contributed by atoms with Gasteiger partial charge in [0.05, 0.1) is 6.61 Å². The summed E-state index contributed by atoms with van der Waals surface area (Å²) in [5.74, 6) is 4.46. The highest BCUT2D eigenvalue weighted by Crippen LogP contribution is 2.22. The predicted molar refractivity (Wildman–Crippen MR) is 96.3 cm³/mol. The second-order valence-corrected chi connectivity index (χ2v) is 5.84. The summed E-state index contributed by atoms with van der Waals surface area (Å²) in [6, 6.07) is 7.05. The number of rotatable bonds is 6. The van der Waals surface area contributed by atoms with Gasteiger partial charge in [-0.2, -0.15) is 0 Å². The van der Waals surface area contributed by atoms with Crippen molar-refractivity contribution in [3.63, 3.8) is 0 Å². The highest BCUT2D eigenvalue weighted by Gasteiger charge is 2.30. The number of carbonyl (C=O) groups excluding carboxylic acids is 1. The van der Waals surface area contributed by atoms with E-state index < -0.39 is 12.3 Å². The van der Waals surface area contributed by atoms with Gasteiger partial charge in [-0.1, -0.05) is 24.6 Å². The molecule has 1 fully saturated rings. The highest BCUT2D eigenvalue weighted by atomic mass is 19.4. The zero-order valence-corrected chi connectivity index (χ0v) is 15.6. The van der Waals surface area contributed by atoms with Crippen LogP contribution in [0.5, 0.6) is 5.75 Å². The maximum absolute atomic E-state index is 11.5. The molecule has 1 aromatic carbocycles. The minimum absolute atomic E-state index is 0.0119. The van der Waals surface area contributed by atoms with Gasteiger partial charge in [-0.05, 0) is 44.7 Å². The molecule has 5 N–H and O–H groups in total. The Bertz CT molecular complexity index is 618. The largest absolute Gasteiger partial charge is 0.573 e. The number of hydrazine groups is 1. The molecule has 0 atom stereocenters. The van der Waals surface area contributed by atoms with Crippen LogP contribution in [0.3, 0.4) is 0 Å². The van der Waals surface area contributed by atoms with Crippen molar-refractivity contribution in [2.24, 2.45) is 11.6 Å². The van der Waals surface area contributed by atoms with E-state index in [0.717, 1.165) is 25.7 Å². The molecule has 0 radical (unpaired) electrons. The van der Waals surface area contributed by atoms with Crippen molar-refractivity contribution in [1.29, 1.82) is 0 Å². The molecule has 1 aromatic rings. The summed E-state index contributed by atoms with van der Waals surface area (Å²) in [4.78, 5) is 11.5. The summed E-state index contributed by atoms with van der Waals surface area (Å²) < 4.78 is 48.5. The van der Waals surface area contributed by atoms with E-state index in [0.29, 0.717) is 0 Å². The van der Waals surface area contributed by atoms with Crippen LogP contribution in [0.4, 0.5) is 13.2 Å². The quantitative estimate of drug-likeness (QED) is 0.219. The zero-order valence-electron chi connectivity index (χ0n) is 15.6. The fourth-order valence-electron chi connectivity index (χ4n) is 2.48. The Hall–Kier alpha value is -2.62. The Morgan fingerprint density at radius 3 is 2.29 bits per heavy atom. The fraction of sp³-hybridized carbons (Fsp3) is 0.500. The van der Waals surface area contributed by atoms with Gasteiger partial charge >= 0.3 is 12.3 Å². The second kappa shape index (κ2) is 12.0. The van der Waals surface area contributed by atoms with Crippen molar-refractivity contribution in [2.75, 3.05) is 6.61 Å². The summed E-state index contributed by atoms with van der Waals surface area (Å²) in [5.41, 5.74) is 7.92. The van der Waals surface area contributed by atoms with Crippen molar-refractivity contribution >= 4 is 5.97 Å². The van der Waals surface area contributed by atoms with Crippen LogP contribution in [0.2, 0.25) is 0 Å². The molecule has 0 bridgehead atoms. The van der Waals surface area contributed by atoms with E-state index in [1.807, 2.05) is 0 Å². The van der Waals surface area contributed by atoms with Crippen molar-refractivity contribution in [3.8, 4) is 5.75 Å². The van der Waals surface area contributed by atoms with E-state index in [4.69, 9.17) is 21.1 Å². The molecule has 0 heterocycles. The third kappa shape index (κ3) is 9.36. The first kappa shape index (κ1) is 23.4. The lowest BCUT2D eigenvalue weighted by Gasteiger charge is -2.23. The smallest absolute Gasteiger partial charge is 0.474 e. The summed E-state index contributed by atoms with van der Waals surface area (Å²) >= 11 is 0. The molecule has 2 rings (SSSR count). The Labute approximate surface area is 161 Å². The number of carbonyl (C=O) groups is 1. The molecule has 28 heavy (non-hydrogen) atoms. The maximum atomic E-state index is 11.5. The lowest BCUT2D eigenvalue weighted by atomic mass is 9.98. The van der Waals surface area contributed by atoms with E-state index >= 15 is 0 Å². The third-order valence-corrected chi connectivity index (χ3v) is 3.69. The van der Waals surface area contributed by atoms with E-state index in [9.17, 15) is 18.0 Å². The molecule has 1 saturated carbocycles. The number of nitrogens with two attached hydrogens (primary N) is 2. The predicted octanol–water partition coefficient (Wildman–Crippen LogP) is 3.08. The van der Waals surface area contributed by atoms with Gasteiger partial charge in [0.1, 0.15) is 11.9 Å². The van der Waals surface area contributed by atoms with Gasteiger partial charge in [-0.15, -0.1) is 13.2 Å². The molecule has 0 spiro atoms. The van der Waals surface area contributed by atoms with Crippen LogP contribution in [0, 0.1) is 0 Å². The van der Waals surface area contributed by atoms with Gasteiger partial charge in [0.2, 0.25) is 5.88 Å². The van der Waals surface area contributed by atoms with Gasteiger partial charge in [-0.25, -0.2) is 4.79 Å². The molecule has 10 heteroatoms. The molecular weight excluding hydrogens is 379 g/mol. The number of hydrogen-bond acceptors (Lipinski definition) is 7. The number of nitrogens with one attached hydrogen (secondary N) is 1. The Morgan fingerprint density at radius 1 is 1.18 bits per heavy atom. The number of hydrogen-bond donors (Lipinski definition) is 3. The van der Waals surface area contributed by atoms with Crippen LogP contribution >= 0.6 is 0 Å². The molecule has 0 saturated heterocycles. The maximum Gasteiger partial charge on any atom is 0.573 e. The topological polar surface area (TPSA) is 109 Å². The molecule has 7 nitrogen and oxygen atoms in total. The minimum Gasteiger partial charge on any atom is -0.474 e. The molecular formula is C18H26F3N3O4. The van der Waals surface area contributed by atoms with Crippen LogP contribution in [0.15, 0.2) is 41.9 Å². The molecule has 1 aliphatic carbocycles. The van der Waals surface area contributed by atoms with Crippen LogP contribution in [0.1, 0.15) is 39.0 Å². The molecule has 0 unspecified atom stereocenters. The number of halogens is 3. The lowest BCUT2D eigenvalue weighted by Crippen LogP contribution is -2.33. The van der Waals surface area contributed by atoms with Crippen LogP contribution in [0.25, 0.3) is 0 Å². The number of alkyl halides is 3. The molecule has 0 aromatic heterocycles. The SMILES string of the molecule is CCOC(=O)/C(NN)=C(/N)OC1CCCCC1.FC(F)(F)Oc1ccccc1. The molecule has 0 aliphatic heterocycles. The normalized spacial score (nSPS) is 15.5.